The average Bonchev–Trinajstić information content (AvgIpc) is 2.22. The molecule has 0 aromatic heterocycles. The Balaban J connectivity index is 2.85. The first kappa shape index (κ1) is 11.5. The van der Waals surface area contributed by atoms with Crippen molar-refractivity contribution < 1.29 is 4.74 Å². The Labute approximate surface area is 90.7 Å². The number of nitriles is 1. The zero-order chi connectivity index (χ0) is 11.3. The van der Waals surface area contributed by atoms with Gasteiger partial charge in [-0.1, -0.05) is 18.2 Å². The standard InChI is InChI=1S/C12H16N2O/c1-10-6-4-5-7-11(10)14-12(2,8-13)9-15-3/h4-7,14H,9H2,1-3H3. The highest BCUT2D eigenvalue weighted by Crippen LogP contribution is 2.18. The summed E-state index contributed by atoms with van der Waals surface area (Å²) < 4.78 is 5.02. The highest BCUT2D eigenvalue weighted by atomic mass is 16.5. The maximum absolute atomic E-state index is 9.08. The minimum Gasteiger partial charge on any atom is -0.381 e. The summed E-state index contributed by atoms with van der Waals surface area (Å²) in [5, 5.41) is 12.3. The van der Waals surface area contributed by atoms with Crippen LogP contribution >= 0.6 is 0 Å². The summed E-state index contributed by atoms with van der Waals surface area (Å²) in [5.41, 5.74) is 1.41. The lowest BCUT2D eigenvalue weighted by molar-refractivity contribution is 0.171. The number of hydrogen-bond acceptors (Lipinski definition) is 3. The Bertz CT molecular complexity index is 370. The summed E-state index contributed by atoms with van der Waals surface area (Å²) in [6.07, 6.45) is 0. The van der Waals surface area contributed by atoms with Crippen LogP contribution in [-0.2, 0) is 4.74 Å². The third-order valence-electron chi connectivity index (χ3n) is 2.24. The Morgan fingerprint density at radius 3 is 2.67 bits per heavy atom. The van der Waals surface area contributed by atoms with E-state index in [2.05, 4.69) is 11.4 Å². The molecule has 0 bridgehead atoms. The van der Waals surface area contributed by atoms with Crippen molar-refractivity contribution in [3.8, 4) is 6.07 Å². The molecule has 0 aliphatic carbocycles. The van der Waals surface area contributed by atoms with Crippen LogP contribution in [0.1, 0.15) is 12.5 Å². The summed E-state index contributed by atoms with van der Waals surface area (Å²) in [5.74, 6) is 0. The van der Waals surface area contributed by atoms with Crippen LogP contribution in [0.2, 0.25) is 0 Å². The minimum atomic E-state index is -0.680. The Morgan fingerprint density at radius 2 is 2.13 bits per heavy atom. The predicted molar refractivity (Wildman–Crippen MR) is 60.7 cm³/mol. The number of ether oxygens (including phenoxy) is 1. The van der Waals surface area contributed by atoms with E-state index in [-0.39, 0.29) is 0 Å². The van der Waals surface area contributed by atoms with E-state index in [0.717, 1.165) is 11.3 Å². The molecule has 0 saturated heterocycles. The lowest BCUT2D eigenvalue weighted by Gasteiger charge is -2.24. The van der Waals surface area contributed by atoms with Crippen molar-refractivity contribution >= 4 is 5.69 Å². The molecule has 0 amide bonds. The van der Waals surface area contributed by atoms with Crippen molar-refractivity contribution in [2.24, 2.45) is 0 Å². The van der Waals surface area contributed by atoms with Gasteiger partial charge in [0.15, 0.2) is 0 Å². The van der Waals surface area contributed by atoms with Crippen molar-refractivity contribution in [1.82, 2.24) is 0 Å². The Kier molecular flexibility index (Phi) is 3.70. The quantitative estimate of drug-likeness (QED) is 0.818. The molecule has 0 aliphatic rings. The molecule has 15 heavy (non-hydrogen) atoms. The van der Waals surface area contributed by atoms with Crippen LogP contribution < -0.4 is 5.32 Å². The summed E-state index contributed by atoms with van der Waals surface area (Å²) in [6, 6.07) is 10.1. The Morgan fingerprint density at radius 1 is 1.47 bits per heavy atom. The van der Waals surface area contributed by atoms with Crippen molar-refractivity contribution in [1.29, 1.82) is 5.26 Å². The largest absolute Gasteiger partial charge is 0.381 e. The van der Waals surface area contributed by atoms with E-state index in [1.165, 1.54) is 0 Å². The van der Waals surface area contributed by atoms with E-state index in [9.17, 15) is 0 Å². The highest BCUT2D eigenvalue weighted by Gasteiger charge is 2.23. The molecule has 1 rings (SSSR count). The first-order chi connectivity index (χ1) is 7.11. The molecule has 0 saturated carbocycles. The van der Waals surface area contributed by atoms with Crippen LogP contribution in [0, 0.1) is 18.3 Å². The van der Waals surface area contributed by atoms with Crippen molar-refractivity contribution in [3.05, 3.63) is 29.8 Å². The molecule has 1 aromatic rings. The molecule has 0 heterocycles. The minimum absolute atomic E-state index is 0.359. The summed E-state index contributed by atoms with van der Waals surface area (Å²) in [7, 11) is 1.59. The van der Waals surface area contributed by atoms with E-state index in [4.69, 9.17) is 10.00 Å². The number of anilines is 1. The van der Waals surface area contributed by atoms with Gasteiger partial charge in [0.2, 0.25) is 0 Å². The maximum Gasteiger partial charge on any atom is 0.146 e. The van der Waals surface area contributed by atoms with Crippen molar-refractivity contribution in [2.45, 2.75) is 19.4 Å². The van der Waals surface area contributed by atoms with Crippen LogP contribution in [0.15, 0.2) is 24.3 Å². The molecule has 0 radical (unpaired) electrons. The fourth-order valence-corrected chi connectivity index (χ4v) is 1.40. The molecule has 0 fully saturated rings. The molecular formula is C12H16N2O. The second kappa shape index (κ2) is 4.81. The van der Waals surface area contributed by atoms with E-state index >= 15 is 0 Å². The second-order valence-corrected chi connectivity index (χ2v) is 3.82. The van der Waals surface area contributed by atoms with Gasteiger partial charge in [-0.25, -0.2) is 0 Å². The summed E-state index contributed by atoms with van der Waals surface area (Å²) in [4.78, 5) is 0. The van der Waals surface area contributed by atoms with Crippen LogP contribution in [0.3, 0.4) is 0 Å². The molecule has 1 N–H and O–H groups in total. The molecule has 3 nitrogen and oxygen atoms in total. The van der Waals surface area contributed by atoms with Gasteiger partial charge in [-0.2, -0.15) is 5.26 Å². The van der Waals surface area contributed by atoms with Gasteiger partial charge >= 0.3 is 0 Å². The lowest BCUT2D eigenvalue weighted by atomic mass is 10.0. The number of nitrogens with zero attached hydrogens (tertiary/aromatic N) is 1. The van der Waals surface area contributed by atoms with Crippen LogP contribution in [-0.4, -0.2) is 19.3 Å². The molecule has 0 spiro atoms. The van der Waals surface area contributed by atoms with Gasteiger partial charge in [-0.15, -0.1) is 0 Å². The number of aryl methyl sites for hydroxylation is 1. The van der Waals surface area contributed by atoms with Gasteiger partial charge in [-0.05, 0) is 25.5 Å². The fourth-order valence-electron chi connectivity index (χ4n) is 1.40. The van der Waals surface area contributed by atoms with Crippen LogP contribution in [0.25, 0.3) is 0 Å². The Hall–Kier alpha value is -1.53. The highest BCUT2D eigenvalue weighted by molar-refractivity contribution is 5.53. The third kappa shape index (κ3) is 2.97. The lowest BCUT2D eigenvalue weighted by Crippen LogP contribution is -2.38. The molecule has 1 unspecified atom stereocenters. The molecule has 1 aromatic carbocycles. The number of benzene rings is 1. The SMILES string of the molecule is COCC(C)(C#N)Nc1ccccc1C. The summed E-state index contributed by atoms with van der Waals surface area (Å²) >= 11 is 0. The van der Waals surface area contributed by atoms with E-state index < -0.39 is 5.54 Å². The fraction of sp³-hybridized carbons (Fsp3) is 0.417. The van der Waals surface area contributed by atoms with Crippen molar-refractivity contribution in [2.75, 3.05) is 19.0 Å². The number of nitrogens with one attached hydrogen (secondary N) is 1. The van der Waals surface area contributed by atoms with Crippen molar-refractivity contribution in [3.63, 3.8) is 0 Å². The smallest absolute Gasteiger partial charge is 0.146 e. The first-order valence-corrected chi connectivity index (χ1v) is 4.85. The number of hydrogen-bond donors (Lipinski definition) is 1. The van der Waals surface area contributed by atoms with Crippen LogP contribution in [0.4, 0.5) is 5.69 Å². The van der Waals surface area contributed by atoms with Crippen LogP contribution in [0.5, 0.6) is 0 Å². The number of methoxy groups -OCH3 is 1. The average molecular weight is 204 g/mol. The van der Waals surface area contributed by atoms with Gasteiger partial charge in [0.25, 0.3) is 0 Å². The monoisotopic (exact) mass is 204 g/mol. The summed E-state index contributed by atoms with van der Waals surface area (Å²) in [6.45, 7) is 4.19. The number of rotatable bonds is 4. The van der Waals surface area contributed by atoms with Gasteiger partial charge in [-0.3, -0.25) is 0 Å². The normalized spacial score (nSPS) is 14.0. The van der Waals surface area contributed by atoms with E-state index in [0.29, 0.717) is 6.61 Å². The molecule has 3 heteroatoms. The topological polar surface area (TPSA) is 45.0 Å². The van der Waals surface area contributed by atoms with Gasteiger partial charge in [0, 0.05) is 12.8 Å². The van der Waals surface area contributed by atoms with Gasteiger partial charge in [0.05, 0.1) is 12.7 Å². The van der Waals surface area contributed by atoms with Gasteiger partial charge in [0.1, 0.15) is 5.54 Å². The molecule has 1 atom stereocenters. The zero-order valence-electron chi connectivity index (χ0n) is 9.37. The number of para-hydroxylation sites is 1. The van der Waals surface area contributed by atoms with E-state index in [1.54, 1.807) is 7.11 Å². The predicted octanol–water partition coefficient (Wildman–Crippen LogP) is 2.34. The molecule has 0 aliphatic heterocycles. The first-order valence-electron chi connectivity index (χ1n) is 4.85. The molecular weight excluding hydrogens is 188 g/mol. The third-order valence-corrected chi connectivity index (χ3v) is 2.24. The van der Waals surface area contributed by atoms with E-state index in [1.807, 2.05) is 38.1 Å². The zero-order valence-corrected chi connectivity index (χ0v) is 9.37. The molecule has 80 valence electrons. The second-order valence-electron chi connectivity index (χ2n) is 3.82. The maximum atomic E-state index is 9.08. The van der Waals surface area contributed by atoms with Gasteiger partial charge < -0.3 is 10.1 Å².